The maximum Gasteiger partial charge on any atom is 0.212 e. The van der Waals surface area contributed by atoms with E-state index in [4.69, 9.17) is 15.1 Å². The Morgan fingerprint density at radius 1 is 0.387 bits per heavy atom. The molecule has 0 saturated carbocycles. The van der Waals surface area contributed by atoms with E-state index in [-0.39, 0.29) is 16.7 Å². The Balaban J connectivity index is 0.000000186. The van der Waals surface area contributed by atoms with Gasteiger partial charge in [-0.2, -0.15) is 0 Å². The second-order valence-corrected chi connectivity index (χ2v) is 20.5. The van der Waals surface area contributed by atoms with Crippen molar-refractivity contribution in [3.05, 3.63) is 231 Å². The zero-order valence-corrected chi connectivity index (χ0v) is 47.0. The fourth-order valence-corrected chi connectivity index (χ4v) is 10.2. The molecule has 0 unspecified atom stereocenters. The van der Waals surface area contributed by atoms with Crippen LogP contribution in [0.25, 0.3) is 67.2 Å². The maximum atomic E-state index is 8.40. The average molecular weight is 1000 g/mol. The van der Waals surface area contributed by atoms with E-state index < -0.39 is 32.3 Å². The first-order valence-corrected chi connectivity index (χ1v) is 26.0. The molecular formula is C72H84N3+3. The molecule has 0 N–H and O–H groups in total. The first kappa shape index (κ1) is 42.0. The van der Waals surface area contributed by atoms with Gasteiger partial charge in [0.15, 0.2) is 18.6 Å². The van der Waals surface area contributed by atoms with Crippen LogP contribution in [-0.2, 0) is 33.9 Å². The minimum Gasteiger partial charge on any atom is -0.201 e. The average Bonchev–Trinajstić information content (AvgIpc) is 2.03. The second kappa shape index (κ2) is 24.4. The normalized spacial score (nSPS) is 14.1. The second-order valence-electron chi connectivity index (χ2n) is 20.5. The molecule has 3 aromatic heterocycles. The first-order chi connectivity index (χ1) is 39.9. The van der Waals surface area contributed by atoms with Crippen LogP contribution in [0.5, 0.6) is 0 Å². The number of benzene rings is 6. The molecule has 9 aromatic rings. The number of nitrogens with zero attached hydrogens (tertiary/aromatic N) is 3. The van der Waals surface area contributed by atoms with Crippen LogP contribution in [0.3, 0.4) is 0 Å². The summed E-state index contributed by atoms with van der Waals surface area (Å²) in [4.78, 5) is 0. The Kier molecular flexibility index (Phi) is 13.7. The molecule has 6 aromatic carbocycles. The summed E-state index contributed by atoms with van der Waals surface area (Å²) in [6.07, 6.45) is 2.46. The monoisotopic (exact) mass is 1000 g/mol. The molecule has 0 aliphatic rings. The Bertz CT molecular complexity index is 3900. The maximum absolute atomic E-state index is 8.40. The van der Waals surface area contributed by atoms with E-state index in [2.05, 4.69) is 107 Å². The van der Waals surface area contributed by atoms with E-state index in [1.807, 2.05) is 125 Å². The number of aryl methyl sites for hydroxylation is 13. The third-order valence-electron chi connectivity index (χ3n) is 14.4. The van der Waals surface area contributed by atoms with Crippen molar-refractivity contribution in [2.24, 2.45) is 21.1 Å². The van der Waals surface area contributed by atoms with Crippen molar-refractivity contribution in [3.63, 3.8) is 0 Å². The lowest BCUT2D eigenvalue weighted by atomic mass is 9.92. The van der Waals surface area contributed by atoms with Crippen molar-refractivity contribution >= 4 is 0 Å². The molecule has 0 atom stereocenters. The molecule has 0 radical (unpaired) electrons. The molecule has 0 aliphatic heterocycles. The number of aromatic nitrogens is 3. The third-order valence-corrected chi connectivity index (χ3v) is 14.4. The molecule has 9 rings (SSSR count). The van der Waals surface area contributed by atoms with E-state index in [0.29, 0.717) is 22.7 Å². The lowest BCUT2D eigenvalue weighted by molar-refractivity contribution is -0.661. The molecule has 75 heavy (non-hydrogen) atoms. The number of hydrogen-bond acceptors (Lipinski definition) is 0. The Labute approximate surface area is 467 Å². The van der Waals surface area contributed by atoms with Crippen LogP contribution in [0.1, 0.15) is 135 Å². The van der Waals surface area contributed by atoms with Gasteiger partial charge in [0.05, 0.1) is 0 Å². The van der Waals surface area contributed by atoms with Crippen LogP contribution < -0.4 is 13.7 Å². The van der Waals surface area contributed by atoms with Crippen molar-refractivity contribution in [2.75, 3.05) is 0 Å². The predicted molar refractivity (Wildman–Crippen MR) is 320 cm³/mol. The smallest absolute Gasteiger partial charge is 0.201 e. The summed E-state index contributed by atoms with van der Waals surface area (Å²) in [5, 5.41) is 0. The van der Waals surface area contributed by atoms with E-state index in [1.54, 1.807) is 36.0 Å². The van der Waals surface area contributed by atoms with Gasteiger partial charge in [0.1, 0.15) is 21.1 Å². The minimum atomic E-state index is -2.29. The molecule has 0 amide bonds. The van der Waals surface area contributed by atoms with E-state index in [1.165, 1.54) is 58.5 Å². The van der Waals surface area contributed by atoms with Crippen LogP contribution in [0, 0.1) is 55.2 Å². The molecule has 0 bridgehead atoms. The molecular weight excluding hydrogens is 907 g/mol. The van der Waals surface area contributed by atoms with Crippen LogP contribution >= 0.6 is 0 Å². The zero-order valence-electron chi connectivity index (χ0n) is 58.0. The topological polar surface area (TPSA) is 11.6 Å². The van der Waals surface area contributed by atoms with Gasteiger partial charge in [-0.3, -0.25) is 0 Å². The SMILES string of the molecule is Cc1cc(C)c(-c2cc(C)c(C(C)C)c[n+]2C)cc1-c1ccccc1.[2H]C([2H])([2H])c1cc(C)c(-c2cc(C([2H])([2H])C)c(C([2H])([2H])C)c[n+]2C)cc1-c1ccccc1.[2H]C([2H])([2H])c1cc(C)c(-c2cc(C)c(C([2H])(C)C)c[n+]2C)cc1-c1ccccc1. The van der Waals surface area contributed by atoms with E-state index in [9.17, 15) is 0 Å². The van der Waals surface area contributed by atoms with E-state index >= 15 is 0 Å². The fraction of sp³-hybridized carbons (Fsp3) is 0.292. The molecule has 3 nitrogen and oxygen atoms in total. The van der Waals surface area contributed by atoms with Crippen molar-refractivity contribution < 1.29 is 28.8 Å². The van der Waals surface area contributed by atoms with Gasteiger partial charge in [-0.25, -0.2) is 13.7 Å². The highest BCUT2D eigenvalue weighted by Crippen LogP contribution is 2.35. The molecule has 0 fully saturated rings. The summed E-state index contributed by atoms with van der Waals surface area (Å²) in [5.74, 6) is -0.144. The lowest BCUT2D eigenvalue weighted by Crippen LogP contribution is -2.32. The zero-order chi connectivity index (χ0) is 63.8. The number of hydrogen-bond donors (Lipinski definition) is 0. The van der Waals surface area contributed by atoms with Crippen molar-refractivity contribution in [2.45, 2.75) is 121 Å². The molecule has 3 heteroatoms. The van der Waals surface area contributed by atoms with Gasteiger partial charge in [-0.1, -0.05) is 151 Å². The van der Waals surface area contributed by atoms with Gasteiger partial charge >= 0.3 is 0 Å². The summed E-state index contributed by atoms with van der Waals surface area (Å²) in [5.41, 5.74) is 22.0. The lowest BCUT2D eigenvalue weighted by Gasteiger charge is -2.14. The van der Waals surface area contributed by atoms with Crippen molar-refractivity contribution in [1.29, 1.82) is 0 Å². The molecule has 384 valence electrons. The van der Waals surface area contributed by atoms with Crippen molar-refractivity contribution in [3.8, 4) is 67.2 Å². The summed E-state index contributed by atoms with van der Waals surface area (Å²) < 4.78 is 95.5. The van der Waals surface area contributed by atoms with Crippen molar-refractivity contribution in [1.82, 2.24) is 0 Å². The van der Waals surface area contributed by atoms with Crippen LogP contribution in [0.4, 0.5) is 0 Å². The first-order valence-electron chi connectivity index (χ1n) is 31.5. The van der Waals surface area contributed by atoms with Gasteiger partial charge in [0, 0.05) is 66.7 Å². The summed E-state index contributed by atoms with van der Waals surface area (Å²) in [6.45, 7) is 19.1. The van der Waals surface area contributed by atoms with E-state index in [0.717, 1.165) is 55.8 Å². The molecule has 0 spiro atoms. The number of rotatable bonds is 10. The Morgan fingerprint density at radius 2 is 0.720 bits per heavy atom. The van der Waals surface area contributed by atoms with Gasteiger partial charge in [0.2, 0.25) is 17.1 Å². The fourth-order valence-electron chi connectivity index (χ4n) is 10.2. The van der Waals surface area contributed by atoms with Gasteiger partial charge in [0.25, 0.3) is 0 Å². The highest BCUT2D eigenvalue weighted by molar-refractivity contribution is 5.78. The quantitative estimate of drug-likeness (QED) is 0.121. The largest absolute Gasteiger partial charge is 0.212 e. The van der Waals surface area contributed by atoms with Gasteiger partial charge in [-0.05, 0) is 181 Å². The summed E-state index contributed by atoms with van der Waals surface area (Å²) >= 11 is 0. The molecule has 0 aliphatic carbocycles. The van der Waals surface area contributed by atoms with Crippen LogP contribution in [-0.4, -0.2) is 0 Å². The number of pyridine rings is 3. The highest BCUT2D eigenvalue weighted by Gasteiger charge is 2.22. The minimum absolute atomic E-state index is 0.264. The third kappa shape index (κ3) is 12.7. The summed E-state index contributed by atoms with van der Waals surface area (Å²) in [7, 11) is 5.92. The highest BCUT2D eigenvalue weighted by atomic mass is 14.9. The molecule has 3 heterocycles. The van der Waals surface area contributed by atoms with Gasteiger partial charge in [-0.15, -0.1) is 0 Å². The van der Waals surface area contributed by atoms with Crippen LogP contribution in [0.15, 0.2) is 164 Å². The Hall–Kier alpha value is -7.23. The van der Waals surface area contributed by atoms with Gasteiger partial charge < -0.3 is 0 Å². The van der Waals surface area contributed by atoms with Crippen LogP contribution in [0.2, 0.25) is 0 Å². The standard InChI is InChI=1S/3C24H28N/c2*1-16(2)23-15-25(6)24(13-19(23)5)22-14-21(17(3)12-18(22)4)20-10-8-7-9-11-20;1-6-19-14-24(25(5)16-20(19)7-2)23-15-22(17(3)13-18(23)4)21-11-9-8-10-12-21/h2*7-16H,1-6H3;8-16H,6-7H2,1-5H3/q3*+1/i3D3,16D;;3D3,6D2,7D2. The summed E-state index contributed by atoms with van der Waals surface area (Å²) in [6, 6.07) is 47.8. The molecule has 0 saturated heterocycles. The predicted octanol–water partition coefficient (Wildman–Crippen LogP) is 17.4. The Morgan fingerprint density at radius 3 is 1.09 bits per heavy atom.